The first-order valence-corrected chi connectivity index (χ1v) is 6.34. The lowest BCUT2D eigenvalue weighted by atomic mass is 10.1. The van der Waals surface area contributed by atoms with Crippen molar-refractivity contribution in [3.8, 4) is 11.8 Å². The van der Waals surface area contributed by atoms with E-state index in [1.165, 1.54) is 7.11 Å². The highest BCUT2D eigenvalue weighted by atomic mass is 16.5. The van der Waals surface area contributed by atoms with Crippen LogP contribution in [0.15, 0.2) is 18.2 Å². The zero-order valence-corrected chi connectivity index (χ0v) is 11.3. The van der Waals surface area contributed by atoms with Crippen LogP contribution in [0, 0.1) is 11.3 Å². The largest absolute Gasteiger partial charge is 0.495 e. The number of nitrogens with zero attached hydrogens (tertiary/aromatic N) is 2. The van der Waals surface area contributed by atoms with Crippen LogP contribution in [0.4, 0.5) is 0 Å². The van der Waals surface area contributed by atoms with Crippen molar-refractivity contribution in [2.45, 2.75) is 12.6 Å². The third-order valence-electron chi connectivity index (χ3n) is 3.34. The molecule has 6 nitrogen and oxygen atoms in total. The van der Waals surface area contributed by atoms with Crippen molar-refractivity contribution in [1.82, 2.24) is 4.90 Å². The minimum atomic E-state index is -0.412. The molecule has 1 atom stereocenters. The van der Waals surface area contributed by atoms with Gasteiger partial charge in [-0.15, -0.1) is 0 Å². The number of nitrogens with two attached hydrogens (primary N) is 1. The molecule has 1 fully saturated rings. The molecule has 1 aliphatic rings. The highest BCUT2D eigenvalue weighted by molar-refractivity contribution is 5.80. The molecule has 106 valence electrons. The Kier molecular flexibility index (Phi) is 4.56. The van der Waals surface area contributed by atoms with E-state index in [-0.39, 0.29) is 5.91 Å². The highest BCUT2D eigenvalue weighted by Gasteiger charge is 2.27. The number of rotatable bonds is 4. The zero-order valence-electron chi connectivity index (χ0n) is 11.3. The van der Waals surface area contributed by atoms with Gasteiger partial charge in [0.05, 0.1) is 25.9 Å². The van der Waals surface area contributed by atoms with Crippen molar-refractivity contribution < 1.29 is 14.3 Å². The predicted octanol–water partition coefficient (Wildman–Crippen LogP) is 0.253. The number of carbonyl (C=O) groups is 1. The quantitative estimate of drug-likeness (QED) is 0.851. The summed E-state index contributed by atoms with van der Waals surface area (Å²) in [5, 5.41) is 8.96. The van der Waals surface area contributed by atoms with Crippen LogP contribution in [-0.2, 0) is 16.1 Å². The minimum absolute atomic E-state index is 0.322. The van der Waals surface area contributed by atoms with Crippen LogP contribution < -0.4 is 10.5 Å². The molecule has 2 N–H and O–H groups in total. The summed E-state index contributed by atoms with van der Waals surface area (Å²) in [5.74, 6) is 0.152. The number of primary amides is 1. The Morgan fingerprint density at radius 2 is 2.45 bits per heavy atom. The van der Waals surface area contributed by atoms with E-state index >= 15 is 0 Å². The van der Waals surface area contributed by atoms with Crippen molar-refractivity contribution in [1.29, 1.82) is 5.26 Å². The van der Waals surface area contributed by atoms with Crippen LogP contribution in [-0.4, -0.2) is 43.7 Å². The second-order valence-electron chi connectivity index (χ2n) is 4.61. The Hall–Kier alpha value is -2.10. The maximum absolute atomic E-state index is 11.4. The molecule has 0 aromatic heterocycles. The Morgan fingerprint density at radius 3 is 3.10 bits per heavy atom. The van der Waals surface area contributed by atoms with E-state index in [4.69, 9.17) is 20.5 Å². The molecule has 1 saturated heterocycles. The number of morpholine rings is 1. The predicted molar refractivity (Wildman–Crippen MR) is 71.9 cm³/mol. The number of benzene rings is 1. The summed E-state index contributed by atoms with van der Waals surface area (Å²) in [6, 6.07) is 7.04. The number of methoxy groups -OCH3 is 1. The van der Waals surface area contributed by atoms with Gasteiger partial charge in [0, 0.05) is 13.1 Å². The fourth-order valence-electron chi connectivity index (χ4n) is 2.25. The van der Waals surface area contributed by atoms with Crippen molar-refractivity contribution in [2.24, 2.45) is 5.73 Å². The Morgan fingerprint density at radius 1 is 1.65 bits per heavy atom. The minimum Gasteiger partial charge on any atom is -0.495 e. The summed E-state index contributed by atoms with van der Waals surface area (Å²) in [6.45, 7) is 2.12. The lowest BCUT2D eigenvalue weighted by Crippen LogP contribution is -2.51. The molecule has 0 saturated carbocycles. The van der Waals surface area contributed by atoms with E-state index in [0.717, 1.165) is 5.56 Å². The summed E-state index contributed by atoms with van der Waals surface area (Å²) >= 11 is 0. The number of nitriles is 1. The fourth-order valence-corrected chi connectivity index (χ4v) is 2.25. The molecule has 1 aromatic carbocycles. The number of ether oxygens (including phenoxy) is 2. The molecule has 1 aromatic rings. The Bertz CT molecular complexity index is 539. The molecule has 1 amide bonds. The number of amides is 1. The first kappa shape index (κ1) is 14.3. The second-order valence-corrected chi connectivity index (χ2v) is 4.61. The van der Waals surface area contributed by atoms with E-state index < -0.39 is 6.04 Å². The van der Waals surface area contributed by atoms with Gasteiger partial charge < -0.3 is 15.2 Å². The van der Waals surface area contributed by atoms with E-state index in [1.54, 1.807) is 6.07 Å². The van der Waals surface area contributed by atoms with Gasteiger partial charge in [-0.25, -0.2) is 0 Å². The lowest BCUT2D eigenvalue weighted by Gasteiger charge is -2.33. The van der Waals surface area contributed by atoms with Gasteiger partial charge in [-0.1, -0.05) is 6.07 Å². The number of hydrogen-bond acceptors (Lipinski definition) is 5. The molecule has 2 rings (SSSR count). The van der Waals surface area contributed by atoms with Crippen LogP contribution in [0.1, 0.15) is 11.1 Å². The molecule has 1 heterocycles. The first-order chi connectivity index (χ1) is 9.65. The standard InChI is InChI=1S/C14H17N3O3/c1-19-13-6-10(2-3-11(13)7-15)8-17-4-5-20-9-12(17)14(16)18/h2-3,6,12H,4-5,8-9H2,1H3,(H2,16,18). The maximum atomic E-state index is 11.4. The van der Waals surface area contributed by atoms with E-state index in [0.29, 0.717) is 37.6 Å². The molecule has 0 radical (unpaired) electrons. The molecule has 1 unspecified atom stereocenters. The molecule has 1 aliphatic heterocycles. The SMILES string of the molecule is COc1cc(CN2CCOCC2C(N)=O)ccc1C#N. The van der Waals surface area contributed by atoms with Gasteiger partial charge in [-0.3, -0.25) is 9.69 Å². The van der Waals surface area contributed by atoms with Gasteiger partial charge in [-0.2, -0.15) is 5.26 Å². The Labute approximate surface area is 117 Å². The average Bonchev–Trinajstić information content (AvgIpc) is 2.47. The van der Waals surface area contributed by atoms with Crippen LogP contribution in [0.2, 0.25) is 0 Å². The fraction of sp³-hybridized carbons (Fsp3) is 0.429. The monoisotopic (exact) mass is 275 g/mol. The van der Waals surface area contributed by atoms with Gasteiger partial charge >= 0.3 is 0 Å². The summed E-state index contributed by atoms with van der Waals surface area (Å²) in [5.41, 5.74) is 6.84. The maximum Gasteiger partial charge on any atom is 0.237 e. The summed E-state index contributed by atoms with van der Waals surface area (Å²) < 4.78 is 10.5. The third-order valence-corrected chi connectivity index (χ3v) is 3.34. The molecule has 6 heteroatoms. The van der Waals surface area contributed by atoms with E-state index in [2.05, 4.69) is 6.07 Å². The number of hydrogen-bond donors (Lipinski definition) is 1. The first-order valence-electron chi connectivity index (χ1n) is 6.34. The molecule has 20 heavy (non-hydrogen) atoms. The topological polar surface area (TPSA) is 88.6 Å². The summed E-state index contributed by atoms with van der Waals surface area (Å²) in [4.78, 5) is 13.4. The molecule has 0 bridgehead atoms. The normalized spacial score (nSPS) is 19.3. The third kappa shape index (κ3) is 3.07. The zero-order chi connectivity index (χ0) is 14.5. The molecular weight excluding hydrogens is 258 g/mol. The van der Waals surface area contributed by atoms with Gasteiger partial charge in [0.1, 0.15) is 17.9 Å². The van der Waals surface area contributed by atoms with Gasteiger partial charge in [0.25, 0.3) is 0 Å². The smallest absolute Gasteiger partial charge is 0.237 e. The van der Waals surface area contributed by atoms with E-state index in [9.17, 15) is 4.79 Å². The average molecular weight is 275 g/mol. The van der Waals surface area contributed by atoms with Crippen molar-refractivity contribution in [3.63, 3.8) is 0 Å². The van der Waals surface area contributed by atoms with Gasteiger partial charge in [0.2, 0.25) is 5.91 Å². The highest BCUT2D eigenvalue weighted by Crippen LogP contribution is 2.21. The van der Waals surface area contributed by atoms with Crippen LogP contribution >= 0.6 is 0 Å². The lowest BCUT2D eigenvalue weighted by molar-refractivity contribution is -0.129. The van der Waals surface area contributed by atoms with E-state index in [1.807, 2.05) is 17.0 Å². The van der Waals surface area contributed by atoms with Crippen molar-refractivity contribution >= 4 is 5.91 Å². The summed E-state index contributed by atoms with van der Waals surface area (Å²) in [6.07, 6.45) is 0. The number of carbonyl (C=O) groups excluding carboxylic acids is 1. The van der Waals surface area contributed by atoms with Gasteiger partial charge in [0.15, 0.2) is 0 Å². The Balaban J connectivity index is 2.16. The van der Waals surface area contributed by atoms with Crippen LogP contribution in [0.3, 0.4) is 0 Å². The van der Waals surface area contributed by atoms with Crippen LogP contribution in [0.25, 0.3) is 0 Å². The molecule has 0 spiro atoms. The molecule has 0 aliphatic carbocycles. The molecular formula is C14H17N3O3. The summed E-state index contributed by atoms with van der Waals surface area (Å²) in [7, 11) is 1.53. The van der Waals surface area contributed by atoms with Crippen molar-refractivity contribution in [3.05, 3.63) is 29.3 Å². The van der Waals surface area contributed by atoms with Crippen LogP contribution in [0.5, 0.6) is 5.75 Å². The second kappa shape index (κ2) is 6.37. The van der Waals surface area contributed by atoms with Crippen molar-refractivity contribution in [2.75, 3.05) is 26.9 Å². The van der Waals surface area contributed by atoms with Gasteiger partial charge in [-0.05, 0) is 17.7 Å².